The molecule has 1 unspecified atom stereocenters. The first kappa shape index (κ1) is 25.9. The van der Waals surface area contributed by atoms with Crippen LogP contribution in [0.4, 0.5) is 4.39 Å². The van der Waals surface area contributed by atoms with Gasteiger partial charge in [0.25, 0.3) is 0 Å². The first-order valence-corrected chi connectivity index (χ1v) is 14.1. The van der Waals surface area contributed by atoms with Crippen LogP contribution in [0.2, 0.25) is 0 Å². The van der Waals surface area contributed by atoms with Gasteiger partial charge in [0.05, 0.1) is 19.2 Å². The number of benzene rings is 2. The Morgan fingerprint density at radius 3 is 2.56 bits per heavy atom. The number of likely N-dealkylation sites (tertiary alicyclic amines) is 1. The molecule has 41 heavy (non-hydrogen) atoms. The molecule has 10 heteroatoms. The molecule has 4 aromatic rings. The second-order valence-electron chi connectivity index (χ2n) is 11.0. The van der Waals surface area contributed by atoms with E-state index in [1.165, 1.54) is 23.8 Å². The number of carboxylic acid groups (broad SMARTS) is 1. The lowest BCUT2D eigenvalue weighted by molar-refractivity contribution is -0.0593. The predicted molar refractivity (Wildman–Crippen MR) is 148 cm³/mol. The molecule has 1 N–H and O–H groups in total. The van der Waals surface area contributed by atoms with E-state index in [9.17, 15) is 14.3 Å². The van der Waals surface area contributed by atoms with E-state index in [-0.39, 0.29) is 23.7 Å². The van der Waals surface area contributed by atoms with Crippen molar-refractivity contribution in [2.45, 2.75) is 50.5 Å². The smallest absolute Gasteiger partial charge is 0.354 e. The number of nitrogens with zero attached hydrogens (tertiary/aromatic N) is 4. The van der Waals surface area contributed by atoms with Gasteiger partial charge in [-0.3, -0.25) is 4.90 Å². The molecule has 2 fully saturated rings. The van der Waals surface area contributed by atoms with E-state index in [0.717, 1.165) is 61.8 Å². The van der Waals surface area contributed by atoms with Crippen molar-refractivity contribution in [3.63, 3.8) is 0 Å². The van der Waals surface area contributed by atoms with Crippen molar-refractivity contribution >= 4 is 17.1 Å². The second kappa shape index (κ2) is 10.8. The lowest BCUT2D eigenvalue weighted by Crippen LogP contribution is -2.35. The van der Waals surface area contributed by atoms with Gasteiger partial charge in [-0.25, -0.2) is 19.2 Å². The highest BCUT2D eigenvalue weighted by molar-refractivity contribution is 5.88. The first-order valence-electron chi connectivity index (χ1n) is 14.1. The molecule has 0 aliphatic carbocycles. The van der Waals surface area contributed by atoms with Gasteiger partial charge in [0.1, 0.15) is 23.8 Å². The summed E-state index contributed by atoms with van der Waals surface area (Å²) in [5.41, 5.74) is 3.37. The zero-order valence-corrected chi connectivity index (χ0v) is 22.5. The summed E-state index contributed by atoms with van der Waals surface area (Å²) >= 11 is 0. The van der Waals surface area contributed by atoms with Gasteiger partial charge in [0.15, 0.2) is 28.9 Å². The molecule has 0 spiro atoms. The lowest BCUT2D eigenvalue weighted by Gasteiger charge is -2.35. The Balaban J connectivity index is 1.05. The first-order chi connectivity index (χ1) is 20.0. The van der Waals surface area contributed by atoms with E-state index in [1.807, 2.05) is 16.7 Å². The summed E-state index contributed by atoms with van der Waals surface area (Å²) in [4.78, 5) is 23.2. The summed E-state index contributed by atoms with van der Waals surface area (Å²) in [7, 11) is 0. The minimum absolute atomic E-state index is 0.0157. The van der Waals surface area contributed by atoms with Crippen LogP contribution in [-0.4, -0.2) is 62.9 Å². The highest BCUT2D eigenvalue weighted by atomic mass is 19.1. The molecule has 212 valence electrons. The number of halogens is 1. The molecular formula is C31H31FN4O5. The Hall–Kier alpha value is -4.02. The maximum Gasteiger partial charge on any atom is 0.354 e. The van der Waals surface area contributed by atoms with E-state index >= 15 is 0 Å². The number of imidazole rings is 1. The fraction of sp³-hybridized carbons (Fsp3) is 0.387. The van der Waals surface area contributed by atoms with Crippen LogP contribution in [0.1, 0.15) is 58.7 Å². The van der Waals surface area contributed by atoms with Crippen LogP contribution in [0.3, 0.4) is 0 Å². The van der Waals surface area contributed by atoms with Crippen LogP contribution in [0.25, 0.3) is 11.2 Å². The molecule has 3 aliphatic rings. The third-order valence-electron chi connectivity index (χ3n) is 8.36. The summed E-state index contributed by atoms with van der Waals surface area (Å²) in [6.07, 6.45) is 2.73. The summed E-state index contributed by atoms with van der Waals surface area (Å²) in [5, 5.41) is 9.45. The van der Waals surface area contributed by atoms with Gasteiger partial charge in [-0.05, 0) is 74.2 Å². The molecule has 3 aliphatic heterocycles. The van der Waals surface area contributed by atoms with Crippen molar-refractivity contribution in [3.8, 4) is 11.5 Å². The lowest BCUT2D eigenvalue weighted by atomic mass is 9.88. The molecule has 2 atom stereocenters. The third-order valence-corrected chi connectivity index (χ3v) is 8.36. The molecule has 7 rings (SSSR count). The second-order valence-corrected chi connectivity index (χ2v) is 11.0. The predicted octanol–water partition coefficient (Wildman–Crippen LogP) is 4.95. The Morgan fingerprint density at radius 1 is 1.02 bits per heavy atom. The molecule has 9 nitrogen and oxygen atoms in total. The number of carbonyl (C=O) groups is 1. The highest BCUT2D eigenvalue weighted by Crippen LogP contribution is 2.44. The minimum Gasteiger partial charge on any atom is -0.485 e. The fourth-order valence-corrected chi connectivity index (χ4v) is 6.00. The molecule has 2 aromatic heterocycles. The molecule has 0 bridgehead atoms. The van der Waals surface area contributed by atoms with E-state index in [2.05, 4.69) is 16.0 Å². The van der Waals surface area contributed by atoms with Crippen molar-refractivity contribution in [1.82, 2.24) is 19.4 Å². The van der Waals surface area contributed by atoms with Crippen LogP contribution in [0.5, 0.6) is 11.5 Å². The molecule has 0 saturated carbocycles. The van der Waals surface area contributed by atoms with Gasteiger partial charge in [-0.2, -0.15) is 0 Å². The summed E-state index contributed by atoms with van der Waals surface area (Å²) in [6.45, 7) is 4.19. The number of rotatable bonds is 7. The molecule has 2 saturated heterocycles. The number of para-hydroxylation sites is 1. The molecule has 2 aromatic carbocycles. The maximum atomic E-state index is 13.4. The summed E-state index contributed by atoms with van der Waals surface area (Å²) in [6, 6.07) is 15.7. The monoisotopic (exact) mass is 558 g/mol. The Labute approximate surface area is 236 Å². The van der Waals surface area contributed by atoms with E-state index in [4.69, 9.17) is 19.2 Å². The number of hydrogen-bond acceptors (Lipinski definition) is 7. The van der Waals surface area contributed by atoms with Crippen molar-refractivity contribution in [2.24, 2.45) is 0 Å². The number of carboxylic acids is 1. The number of aromatic carboxylic acids is 1. The zero-order chi connectivity index (χ0) is 27.9. The number of pyridine rings is 1. The van der Waals surface area contributed by atoms with Crippen LogP contribution in [0.15, 0.2) is 54.6 Å². The van der Waals surface area contributed by atoms with Gasteiger partial charge in [0.2, 0.25) is 0 Å². The number of piperidine rings is 1. The zero-order valence-electron chi connectivity index (χ0n) is 22.5. The number of fused-ring (bicyclic) bond motifs is 2. The van der Waals surface area contributed by atoms with Crippen molar-refractivity contribution < 1.29 is 28.5 Å². The quantitative estimate of drug-likeness (QED) is 0.340. The molecule has 0 radical (unpaired) electrons. The number of ether oxygens (including phenoxy) is 3. The maximum absolute atomic E-state index is 13.4. The van der Waals surface area contributed by atoms with Crippen LogP contribution >= 0.6 is 0 Å². The van der Waals surface area contributed by atoms with Crippen LogP contribution in [-0.2, 0) is 17.8 Å². The summed E-state index contributed by atoms with van der Waals surface area (Å²) in [5.74, 6) is 1.44. The standard InChI is InChI=1S/C31H31FN4O5/c32-21-6-4-20(5-7-21)27-18-40-29-23(2-1-3-26(29)41-27)19-10-13-35(14-11-19)17-28-33-24-8-9-25(31(37)38)34-30(24)36(28)16-22-12-15-39-22/h1-9,19,22,27H,10-18H2,(H,37,38)/t22-,27?/m0/s1. The van der Waals surface area contributed by atoms with Gasteiger partial charge in [-0.1, -0.05) is 24.3 Å². The van der Waals surface area contributed by atoms with Crippen molar-refractivity contribution in [3.05, 3.63) is 83.1 Å². The van der Waals surface area contributed by atoms with Gasteiger partial charge < -0.3 is 23.9 Å². The third kappa shape index (κ3) is 5.13. The Bertz CT molecular complexity index is 1580. The van der Waals surface area contributed by atoms with Gasteiger partial charge in [-0.15, -0.1) is 0 Å². The minimum atomic E-state index is -1.05. The SMILES string of the molecule is O=C(O)c1ccc2nc(CN3CCC(c4cccc5c4OCC(c4ccc(F)cc4)O5)CC3)n(C[C@@H]3CCO3)c2n1. The van der Waals surface area contributed by atoms with Crippen LogP contribution < -0.4 is 9.47 Å². The average molecular weight is 559 g/mol. The number of hydrogen-bond donors (Lipinski definition) is 1. The Morgan fingerprint density at radius 2 is 1.83 bits per heavy atom. The summed E-state index contributed by atoms with van der Waals surface area (Å²) < 4.78 is 33.6. The van der Waals surface area contributed by atoms with Gasteiger partial charge in [0, 0.05) is 12.2 Å². The van der Waals surface area contributed by atoms with E-state index in [1.54, 1.807) is 18.2 Å². The Kier molecular flexibility index (Phi) is 6.80. The largest absolute Gasteiger partial charge is 0.485 e. The van der Waals surface area contributed by atoms with Crippen LogP contribution in [0, 0.1) is 5.82 Å². The normalized spacial score (nSPS) is 21.1. The number of aromatic nitrogens is 3. The molecule has 5 heterocycles. The van der Waals surface area contributed by atoms with E-state index in [0.29, 0.717) is 36.8 Å². The molecular weight excluding hydrogens is 527 g/mol. The topological polar surface area (TPSA) is 98.9 Å². The molecule has 0 amide bonds. The average Bonchev–Trinajstić information content (AvgIpc) is 3.31. The van der Waals surface area contributed by atoms with Crippen molar-refractivity contribution in [1.29, 1.82) is 0 Å². The van der Waals surface area contributed by atoms with Gasteiger partial charge >= 0.3 is 5.97 Å². The fourth-order valence-electron chi connectivity index (χ4n) is 6.00. The highest BCUT2D eigenvalue weighted by Gasteiger charge is 2.30. The van der Waals surface area contributed by atoms with Crippen molar-refractivity contribution in [2.75, 3.05) is 26.3 Å². The van der Waals surface area contributed by atoms with E-state index < -0.39 is 5.97 Å².